The highest BCUT2D eigenvalue weighted by Crippen LogP contribution is 2.30. The van der Waals surface area contributed by atoms with Crippen LogP contribution in [0.5, 0.6) is 0 Å². The number of ether oxygens (including phenoxy) is 1. The standard InChI is InChI=1S/C19H19NO5S/c1-3-24-19(21)17-12-18(25-20-17)15-6-4-13(5-7-15)14-8-10-16(11-9-14)26(2,22)23/h4-11,18H,3,12H2,1-2H3. The van der Waals surface area contributed by atoms with Gasteiger partial charge in [0.1, 0.15) is 0 Å². The minimum atomic E-state index is -3.20. The van der Waals surface area contributed by atoms with Crippen molar-refractivity contribution < 1.29 is 22.8 Å². The van der Waals surface area contributed by atoms with Gasteiger partial charge < -0.3 is 9.57 Å². The lowest BCUT2D eigenvalue weighted by Crippen LogP contribution is -2.16. The van der Waals surface area contributed by atoms with Gasteiger partial charge in [-0.2, -0.15) is 0 Å². The topological polar surface area (TPSA) is 82.0 Å². The van der Waals surface area contributed by atoms with Gasteiger partial charge in [0, 0.05) is 12.7 Å². The molecule has 0 spiro atoms. The number of sulfone groups is 1. The number of carbonyl (C=O) groups excluding carboxylic acids is 1. The van der Waals surface area contributed by atoms with E-state index in [2.05, 4.69) is 5.16 Å². The molecule has 1 atom stereocenters. The van der Waals surface area contributed by atoms with Crippen molar-refractivity contribution in [3.63, 3.8) is 0 Å². The van der Waals surface area contributed by atoms with Gasteiger partial charge in [-0.05, 0) is 35.7 Å². The molecule has 1 unspecified atom stereocenters. The molecule has 0 bridgehead atoms. The maximum absolute atomic E-state index is 11.7. The van der Waals surface area contributed by atoms with E-state index in [4.69, 9.17) is 9.57 Å². The highest BCUT2D eigenvalue weighted by atomic mass is 32.2. The average molecular weight is 373 g/mol. The normalized spacial score (nSPS) is 16.7. The fourth-order valence-electron chi connectivity index (χ4n) is 2.68. The lowest BCUT2D eigenvalue weighted by atomic mass is 10.00. The Bertz CT molecular complexity index is 931. The van der Waals surface area contributed by atoms with Crippen LogP contribution in [0.15, 0.2) is 58.6 Å². The molecule has 0 aliphatic carbocycles. The van der Waals surface area contributed by atoms with Crippen LogP contribution in [-0.2, 0) is 24.2 Å². The summed E-state index contributed by atoms with van der Waals surface area (Å²) in [5.74, 6) is -0.447. The molecule has 2 aromatic rings. The van der Waals surface area contributed by atoms with Gasteiger partial charge in [-0.25, -0.2) is 13.2 Å². The molecule has 7 heteroatoms. The van der Waals surface area contributed by atoms with Crippen molar-refractivity contribution in [2.24, 2.45) is 5.16 Å². The number of rotatable bonds is 5. The summed E-state index contributed by atoms with van der Waals surface area (Å²) in [6.07, 6.45) is 1.25. The van der Waals surface area contributed by atoms with Gasteiger partial charge in [0.25, 0.3) is 0 Å². The number of hydrogen-bond acceptors (Lipinski definition) is 6. The van der Waals surface area contributed by atoms with Gasteiger partial charge in [0.15, 0.2) is 21.7 Å². The number of benzene rings is 2. The number of nitrogens with zero attached hydrogens (tertiary/aromatic N) is 1. The molecule has 6 nitrogen and oxygen atoms in total. The quantitative estimate of drug-likeness (QED) is 0.752. The predicted molar refractivity (Wildman–Crippen MR) is 97.5 cm³/mol. The molecule has 0 fully saturated rings. The highest BCUT2D eigenvalue weighted by molar-refractivity contribution is 7.90. The molecule has 26 heavy (non-hydrogen) atoms. The Morgan fingerprint density at radius 2 is 1.69 bits per heavy atom. The van der Waals surface area contributed by atoms with Crippen molar-refractivity contribution in [1.29, 1.82) is 0 Å². The molecule has 0 amide bonds. The van der Waals surface area contributed by atoms with Crippen LogP contribution < -0.4 is 0 Å². The smallest absolute Gasteiger partial charge is 0.356 e. The van der Waals surface area contributed by atoms with Crippen molar-refractivity contribution in [3.8, 4) is 11.1 Å². The van der Waals surface area contributed by atoms with Crippen LogP contribution in [-0.4, -0.2) is 33.0 Å². The van der Waals surface area contributed by atoms with Crippen LogP contribution >= 0.6 is 0 Å². The van der Waals surface area contributed by atoms with E-state index in [1.807, 2.05) is 24.3 Å². The van der Waals surface area contributed by atoms with E-state index >= 15 is 0 Å². The number of esters is 1. The largest absolute Gasteiger partial charge is 0.461 e. The Labute approximate surface area is 152 Å². The first-order valence-corrected chi connectivity index (χ1v) is 10.1. The minimum Gasteiger partial charge on any atom is -0.461 e. The van der Waals surface area contributed by atoms with Gasteiger partial charge in [-0.3, -0.25) is 0 Å². The molecular formula is C19H19NO5S. The number of carbonyl (C=O) groups is 1. The zero-order chi connectivity index (χ0) is 18.7. The molecule has 1 heterocycles. The van der Waals surface area contributed by atoms with Crippen LogP contribution in [0.1, 0.15) is 25.0 Å². The van der Waals surface area contributed by atoms with Gasteiger partial charge in [-0.15, -0.1) is 0 Å². The molecule has 1 aliphatic rings. The van der Waals surface area contributed by atoms with Crippen LogP contribution in [0.3, 0.4) is 0 Å². The molecular weight excluding hydrogens is 354 g/mol. The van der Waals surface area contributed by atoms with E-state index in [-0.39, 0.29) is 11.8 Å². The van der Waals surface area contributed by atoms with Crippen molar-refractivity contribution in [1.82, 2.24) is 0 Å². The average Bonchev–Trinajstić information content (AvgIpc) is 3.12. The monoisotopic (exact) mass is 373 g/mol. The van der Waals surface area contributed by atoms with Gasteiger partial charge >= 0.3 is 5.97 Å². The van der Waals surface area contributed by atoms with Crippen molar-refractivity contribution >= 4 is 21.5 Å². The lowest BCUT2D eigenvalue weighted by Gasteiger charge is -2.10. The third kappa shape index (κ3) is 3.94. The maximum atomic E-state index is 11.7. The molecule has 2 aromatic carbocycles. The minimum absolute atomic E-state index is 0.289. The van der Waals surface area contributed by atoms with Crippen LogP contribution in [0.25, 0.3) is 11.1 Å². The fraction of sp³-hybridized carbons (Fsp3) is 0.263. The Morgan fingerprint density at radius 3 is 2.23 bits per heavy atom. The summed E-state index contributed by atoms with van der Waals surface area (Å²) in [7, 11) is -3.20. The summed E-state index contributed by atoms with van der Waals surface area (Å²) >= 11 is 0. The Balaban J connectivity index is 1.71. The van der Waals surface area contributed by atoms with Crippen LogP contribution in [0.2, 0.25) is 0 Å². The number of oxime groups is 1. The molecule has 0 saturated heterocycles. The maximum Gasteiger partial charge on any atom is 0.356 e. The number of hydrogen-bond donors (Lipinski definition) is 0. The molecule has 0 radical (unpaired) electrons. The predicted octanol–water partition coefficient (Wildman–Crippen LogP) is 3.14. The first-order chi connectivity index (χ1) is 12.4. The Kier molecular flexibility index (Phi) is 5.08. The summed E-state index contributed by atoms with van der Waals surface area (Å²) in [5, 5.41) is 3.81. The molecule has 0 aromatic heterocycles. The second-order valence-electron chi connectivity index (χ2n) is 5.98. The van der Waals surface area contributed by atoms with E-state index < -0.39 is 15.8 Å². The Morgan fingerprint density at radius 1 is 1.12 bits per heavy atom. The molecule has 0 N–H and O–H groups in total. The molecule has 3 rings (SSSR count). The van der Waals surface area contributed by atoms with E-state index in [0.717, 1.165) is 16.7 Å². The van der Waals surface area contributed by atoms with Crippen LogP contribution in [0.4, 0.5) is 0 Å². The summed E-state index contributed by atoms with van der Waals surface area (Å²) in [4.78, 5) is 17.3. The van der Waals surface area contributed by atoms with Crippen molar-refractivity contribution in [3.05, 3.63) is 54.1 Å². The summed E-state index contributed by atoms with van der Waals surface area (Å²) in [5.41, 5.74) is 3.07. The Hall–Kier alpha value is -2.67. The van der Waals surface area contributed by atoms with Crippen molar-refractivity contribution in [2.75, 3.05) is 12.9 Å². The summed E-state index contributed by atoms with van der Waals surface area (Å²) in [6, 6.07) is 14.4. The second kappa shape index (κ2) is 7.29. The summed E-state index contributed by atoms with van der Waals surface area (Å²) < 4.78 is 28.0. The van der Waals surface area contributed by atoms with Gasteiger partial charge in [0.05, 0.1) is 11.5 Å². The zero-order valence-corrected chi connectivity index (χ0v) is 15.3. The third-order valence-corrected chi connectivity index (χ3v) is 5.21. The van der Waals surface area contributed by atoms with E-state index in [0.29, 0.717) is 17.9 Å². The highest BCUT2D eigenvalue weighted by Gasteiger charge is 2.28. The lowest BCUT2D eigenvalue weighted by molar-refractivity contribution is -0.135. The van der Waals surface area contributed by atoms with Crippen LogP contribution in [0, 0.1) is 0 Å². The molecule has 0 saturated carbocycles. The SMILES string of the molecule is CCOC(=O)C1=NOC(c2ccc(-c3ccc(S(C)(=O)=O)cc3)cc2)C1. The first kappa shape index (κ1) is 18.1. The molecule has 136 valence electrons. The van der Waals surface area contributed by atoms with Crippen molar-refractivity contribution in [2.45, 2.75) is 24.3 Å². The second-order valence-corrected chi connectivity index (χ2v) is 7.99. The van der Waals surface area contributed by atoms with E-state index in [1.165, 1.54) is 6.26 Å². The fourth-order valence-corrected chi connectivity index (χ4v) is 3.31. The van der Waals surface area contributed by atoms with Gasteiger partial charge in [0.2, 0.25) is 0 Å². The third-order valence-electron chi connectivity index (χ3n) is 4.08. The van der Waals surface area contributed by atoms with E-state index in [1.54, 1.807) is 31.2 Å². The first-order valence-electron chi connectivity index (χ1n) is 8.18. The molecule has 1 aliphatic heterocycles. The summed E-state index contributed by atoms with van der Waals surface area (Å²) in [6.45, 7) is 2.04. The van der Waals surface area contributed by atoms with E-state index in [9.17, 15) is 13.2 Å². The van der Waals surface area contributed by atoms with Gasteiger partial charge in [-0.1, -0.05) is 41.6 Å². The zero-order valence-electron chi connectivity index (χ0n) is 14.5.